The highest BCUT2D eigenvalue weighted by Gasteiger charge is 2.59. The Balaban J connectivity index is 3.14. The van der Waals surface area contributed by atoms with Gasteiger partial charge in [0.15, 0.2) is 0 Å². The van der Waals surface area contributed by atoms with Crippen molar-refractivity contribution in [2.75, 3.05) is 19.0 Å². The minimum Gasteiger partial charge on any atom is -0.461 e. The van der Waals surface area contributed by atoms with Gasteiger partial charge in [0.1, 0.15) is 17.2 Å². The number of alkyl halides is 4. The zero-order valence-electron chi connectivity index (χ0n) is 28.6. The first-order valence-corrected chi connectivity index (χ1v) is 17.6. The maximum Gasteiger partial charge on any atom is 0.471 e. The summed E-state index contributed by atoms with van der Waals surface area (Å²) < 4.78 is 49.4. The number of ketones is 1. The number of hydrogen-bond donors (Lipinski definition) is 1. The van der Waals surface area contributed by atoms with Crippen LogP contribution >= 0.6 is 15.9 Å². The standard InChI is InChI=1S/C34H59BrF3NO5/c1-10-24(4)33(8,28-25(43-9)17-19-31(28,5)6)26(44-27(40)22-35)21-32(7,29(41)23(2)3)18-15-13-11-12-14-16-20-39-30(42)34(36,37)38/h23-26,28H,10-22H2,1-9H3,(H,39,42)/t24-,25-,26-,28-,32+,33+/m1/s1. The summed E-state index contributed by atoms with van der Waals surface area (Å²) in [6.07, 6.45) is 3.27. The van der Waals surface area contributed by atoms with Crippen molar-refractivity contribution in [1.82, 2.24) is 5.32 Å². The largest absolute Gasteiger partial charge is 0.471 e. The van der Waals surface area contributed by atoms with Crippen LogP contribution in [-0.2, 0) is 23.9 Å². The Labute approximate surface area is 272 Å². The molecule has 0 aromatic carbocycles. The number of carbonyl (C=O) groups excluding carboxylic acids is 3. The molecule has 0 aromatic heterocycles. The normalized spacial score (nSPS) is 22.6. The molecule has 1 amide bonds. The predicted octanol–water partition coefficient (Wildman–Crippen LogP) is 8.83. The monoisotopic (exact) mass is 697 g/mol. The number of unbranched alkanes of at least 4 members (excludes halogenated alkanes) is 5. The highest BCUT2D eigenvalue weighted by Crippen LogP contribution is 2.59. The van der Waals surface area contributed by atoms with E-state index in [-0.39, 0.29) is 52.9 Å². The molecule has 10 heteroatoms. The van der Waals surface area contributed by atoms with E-state index >= 15 is 0 Å². The molecule has 6 nitrogen and oxygen atoms in total. The molecule has 1 aliphatic rings. The summed E-state index contributed by atoms with van der Waals surface area (Å²) >= 11 is 3.29. The van der Waals surface area contributed by atoms with Crippen LogP contribution < -0.4 is 5.32 Å². The van der Waals surface area contributed by atoms with E-state index in [0.29, 0.717) is 19.3 Å². The van der Waals surface area contributed by atoms with E-state index in [1.807, 2.05) is 26.1 Å². The first-order valence-electron chi connectivity index (χ1n) is 16.5. The van der Waals surface area contributed by atoms with Crippen molar-refractivity contribution in [2.45, 2.75) is 144 Å². The van der Waals surface area contributed by atoms with Crippen molar-refractivity contribution in [2.24, 2.45) is 34.0 Å². The zero-order valence-corrected chi connectivity index (χ0v) is 30.2. The van der Waals surface area contributed by atoms with Crippen LogP contribution in [0.25, 0.3) is 0 Å². The number of rotatable bonds is 20. The molecule has 0 radical (unpaired) electrons. The van der Waals surface area contributed by atoms with Gasteiger partial charge in [-0.2, -0.15) is 13.2 Å². The number of halogens is 4. The van der Waals surface area contributed by atoms with E-state index in [1.54, 1.807) is 7.11 Å². The van der Waals surface area contributed by atoms with Crippen molar-refractivity contribution >= 4 is 33.6 Å². The Morgan fingerprint density at radius 2 is 1.57 bits per heavy atom. The second-order valence-corrected chi connectivity index (χ2v) is 15.0. The average molecular weight is 699 g/mol. The summed E-state index contributed by atoms with van der Waals surface area (Å²) in [6, 6.07) is 0. The molecule has 258 valence electrons. The average Bonchev–Trinajstić information content (AvgIpc) is 3.27. The van der Waals surface area contributed by atoms with Crippen LogP contribution in [0.4, 0.5) is 13.2 Å². The SMILES string of the molecule is CC[C@@H](C)[C@](C)([C@@H]1[C@H](OC)CCC1(C)C)[C@@H](C[C@](C)(CCCCCCCCNC(=O)C(F)(F)F)C(=O)C(C)C)OC(=O)CBr. The fourth-order valence-electron chi connectivity index (χ4n) is 7.76. The van der Waals surface area contributed by atoms with Crippen LogP contribution in [0.15, 0.2) is 0 Å². The molecular formula is C34H59BrF3NO5. The Bertz CT molecular complexity index is 927. The first-order chi connectivity index (χ1) is 20.3. The molecule has 1 saturated carbocycles. The zero-order chi connectivity index (χ0) is 33.9. The highest BCUT2D eigenvalue weighted by atomic mass is 79.9. The van der Waals surface area contributed by atoms with Crippen LogP contribution in [-0.4, -0.2) is 55.0 Å². The number of Topliss-reactive ketones (excluding diaryl/α,β-unsaturated/α-hetero) is 1. The molecule has 0 saturated heterocycles. The van der Waals surface area contributed by atoms with Gasteiger partial charge in [0.25, 0.3) is 0 Å². The minimum atomic E-state index is -4.85. The van der Waals surface area contributed by atoms with Crippen LogP contribution in [0.1, 0.15) is 126 Å². The summed E-state index contributed by atoms with van der Waals surface area (Å²) in [5.74, 6) is -1.91. The molecule has 6 atom stereocenters. The predicted molar refractivity (Wildman–Crippen MR) is 172 cm³/mol. The number of esters is 1. The van der Waals surface area contributed by atoms with Gasteiger partial charge in [-0.05, 0) is 49.4 Å². The third kappa shape index (κ3) is 11.0. The topological polar surface area (TPSA) is 81.7 Å². The number of hydrogen-bond acceptors (Lipinski definition) is 5. The number of ether oxygens (including phenoxy) is 2. The van der Waals surface area contributed by atoms with E-state index in [9.17, 15) is 27.6 Å². The van der Waals surface area contributed by atoms with Crippen molar-refractivity contribution in [1.29, 1.82) is 0 Å². The molecule has 1 aliphatic carbocycles. The number of methoxy groups -OCH3 is 1. The van der Waals surface area contributed by atoms with E-state index in [1.165, 1.54) is 0 Å². The van der Waals surface area contributed by atoms with Crippen molar-refractivity contribution < 1.29 is 37.0 Å². The summed E-state index contributed by atoms with van der Waals surface area (Å²) in [4.78, 5) is 37.7. The van der Waals surface area contributed by atoms with Gasteiger partial charge < -0.3 is 14.8 Å². The van der Waals surface area contributed by atoms with E-state index in [0.717, 1.165) is 51.4 Å². The van der Waals surface area contributed by atoms with Crippen LogP contribution in [0.3, 0.4) is 0 Å². The maximum absolute atomic E-state index is 13.9. The molecule has 0 heterocycles. The second-order valence-electron chi connectivity index (χ2n) is 14.5. The number of amides is 1. The molecule has 0 spiro atoms. The second kappa shape index (κ2) is 17.7. The quantitative estimate of drug-likeness (QED) is 0.0781. The van der Waals surface area contributed by atoms with Crippen molar-refractivity contribution in [3.63, 3.8) is 0 Å². The highest BCUT2D eigenvalue weighted by molar-refractivity contribution is 9.09. The van der Waals surface area contributed by atoms with Crippen molar-refractivity contribution in [3.8, 4) is 0 Å². The van der Waals surface area contributed by atoms with Gasteiger partial charge in [0.2, 0.25) is 0 Å². The van der Waals surface area contributed by atoms with Crippen molar-refractivity contribution in [3.05, 3.63) is 0 Å². The fraction of sp³-hybridized carbons (Fsp3) is 0.912. The Kier molecular flexibility index (Phi) is 16.4. The summed E-state index contributed by atoms with van der Waals surface area (Å²) in [5.41, 5.74) is -1.17. The maximum atomic E-state index is 13.9. The Morgan fingerprint density at radius 1 is 1.00 bits per heavy atom. The van der Waals surface area contributed by atoms with E-state index in [4.69, 9.17) is 9.47 Å². The fourth-order valence-corrected chi connectivity index (χ4v) is 7.89. The molecule has 0 aromatic rings. The molecule has 1 rings (SSSR count). The lowest BCUT2D eigenvalue weighted by Crippen LogP contribution is -2.55. The smallest absolute Gasteiger partial charge is 0.461 e. The summed E-state index contributed by atoms with van der Waals surface area (Å²) in [7, 11) is 1.76. The molecule has 44 heavy (non-hydrogen) atoms. The Morgan fingerprint density at radius 3 is 2.07 bits per heavy atom. The van der Waals surface area contributed by atoms with Crippen LogP contribution in [0.2, 0.25) is 0 Å². The van der Waals surface area contributed by atoms with E-state index in [2.05, 4.69) is 50.5 Å². The summed E-state index contributed by atoms with van der Waals surface area (Å²) in [5, 5.41) is 1.99. The number of carbonyl (C=O) groups is 3. The first kappa shape index (κ1) is 40.9. The number of nitrogens with one attached hydrogen (secondary N) is 1. The van der Waals surface area contributed by atoms with Gasteiger partial charge in [0, 0.05) is 30.4 Å². The van der Waals surface area contributed by atoms with Crippen LogP contribution in [0, 0.1) is 34.0 Å². The van der Waals surface area contributed by atoms with Crippen LogP contribution in [0.5, 0.6) is 0 Å². The van der Waals surface area contributed by atoms with Gasteiger partial charge in [-0.3, -0.25) is 14.4 Å². The lowest BCUT2D eigenvalue weighted by Gasteiger charge is -2.53. The molecule has 0 aliphatic heterocycles. The molecular weight excluding hydrogens is 639 g/mol. The minimum absolute atomic E-state index is 0.00446. The molecule has 0 unspecified atom stereocenters. The molecule has 1 N–H and O–H groups in total. The lowest BCUT2D eigenvalue weighted by atomic mass is 9.54. The Hall–Kier alpha value is -1.16. The van der Waals surface area contributed by atoms with Gasteiger partial charge >= 0.3 is 18.1 Å². The third-order valence-corrected chi connectivity index (χ3v) is 10.9. The van der Waals surface area contributed by atoms with Gasteiger partial charge in [-0.15, -0.1) is 0 Å². The van der Waals surface area contributed by atoms with Gasteiger partial charge in [-0.1, -0.05) is 110 Å². The molecule has 0 bridgehead atoms. The molecule has 1 fully saturated rings. The third-order valence-electron chi connectivity index (χ3n) is 10.5. The van der Waals surface area contributed by atoms with Gasteiger partial charge in [0.05, 0.1) is 6.10 Å². The van der Waals surface area contributed by atoms with Gasteiger partial charge in [-0.25, -0.2) is 0 Å². The summed E-state index contributed by atoms with van der Waals surface area (Å²) in [6.45, 7) is 17.1. The lowest BCUT2D eigenvalue weighted by molar-refractivity contribution is -0.177. The van der Waals surface area contributed by atoms with E-state index < -0.39 is 29.0 Å².